The standard InChI is InChI=1S/C9H14ClN3/c10-6-9-11-8(12-13-9)5-7-3-1-2-4-7/h7H,1-6H2,(H,11,12,13). The predicted octanol–water partition coefficient (Wildman–Crippen LogP) is 2.28. The summed E-state index contributed by atoms with van der Waals surface area (Å²) in [5, 5.41) is 6.97. The SMILES string of the molecule is ClCc1nc(CC2CCCC2)n[nH]1. The molecule has 1 aliphatic rings. The molecule has 2 rings (SSSR count). The van der Waals surface area contributed by atoms with Gasteiger partial charge in [-0.25, -0.2) is 4.98 Å². The minimum absolute atomic E-state index is 0.428. The normalized spacial score (nSPS) is 18.2. The number of rotatable bonds is 3. The van der Waals surface area contributed by atoms with Gasteiger partial charge in [-0.15, -0.1) is 11.6 Å². The van der Waals surface area contributed by atoms with Gasteiger partial charge in [0.05, 0.1) is 5.88 Å². The fraction of sp³-hybridized carbons (Fsp3) is 0.778. The molecule has 1 saturated carbocycles. The first-order valence-corrected chi connectivity index (χ1v) is 5.38. The summed E-state index contributed by atoms with van der Waals surface area (Å²) >= 11 is 5.62. The second-order valence-electron chi connectivity index (χ2n) is 3.69. The van der Waals surface area contributed by atoms with Gasteiger partial charge in [0.1, 0.15) is 5.82 Å². The highest BCUT2D eigenvalue weighted by Crippen LogP contribution is 2.26. The van der Waals surface area contributed by atoms with Crippen molar-refractivity contribution in [1.82, 2.24) is 15.2 Å². The van der Waals surface area contributed by atoms with Crippen molar-refractivity contribution >= 4 is 11.6 Å². The Bertz CT molecular complexity index is 266. The molecule has 0 atom stereocenters. The van der Waals surface area contributed by atoms with Crippen LogP contribution in [0.4, 0.5) is 0 Å². The number of aromatic amines is 1. The zero-order chi connectivity index (χ0) is 9.10. The van der Waals surface area contributed by atoms with Crippen LogP contribution in [0.1, 0.15) is 37.3 Å². The van der Waals surface area contributed by atoms with Gasteiger partial charge in [0, 0.05) is 6.42 Å². The summed E-state index contributed by atoms with van der Waals surface area (Å²) in [6, 6.07) is 0. The number of aromatic nitrogens is 3. The third-order valence-electron chi connectivity index (χ3n) is 2.65. The van der Waals surface area contributed by atoms with E-state index in [2.05, 4.69) is 15.2 Å². The van der Waals surface area contributed by atoms with Crippen LogP contribution >= 0.6 is 11.6 Å². The molecule has 1 aliphatic carbocycles. The average Bonchev–Trinajstić information content (AvgIpc) is 2.76. The van der Waals surface area contributed by atoms with E-state index in [9.17, 15) is 0 Å². The summed E-state index contributed by atoms with van der Waals surface area (Å²) < 4.78 is 0. The molecule has 0 aromatic carbocycles. The molecular weight excluding hydrogens is 186 g/mol. The van der Waals surface area contributed by atoms with E-state index < -0.39 is 0 Å². The Kier molecular flexibility index (Phi) is 2.83. The predicted molar refractivity (Wildman–Crippen MR) is 51.6 cm³/mol. The fourth-order valence-corrected chi connectivity index (χ4v) is 2.08. The van der Waals surface area contributed by atoms with Crippen LogP contribution in [0.25, 0.3) is 0 Å². The monoisotopic (exact) mass is 199 g/mol. The van der Waals surface area contributed by atoms with E-state index in [1.165, 1.54) is 25.7 Å². The molecule has 0 saturated heterocycles. The van der Waals surface area contributed by atoms with Crippen LogP contribution in [0.15, 0.2) is 0 Å². The minimum atomic E-state index is 0.428. The highest BCUT2D eigenvalue weighted by molar-refractivity contribution is 6.16. The van der Waals surface area contributed by atoms with Crippen LogP contribution in [-0.4, -0.2) is 15.2 Å². The van der Waals surface area contributed by atoms with Crippen molar-refractivity contribution in [1.29, 1.82) is 0 Å². The molecular formula is C9H14ClN3. The Morgan fingerprint density at radius 2 is 2.15 bits per heavy atom. The molecule has 13 heavy (non-hydrogen) atoms. The Morgan fingerprint density at radius 1 is 1.38 bits per heavy atom. The number of H-pyrrole nitrogens is 1. The van der Waals surface area contributed by atoms with Crippen LogP contribution in [0, 0.1) is 5.92 Å². The van der Waals surface area contributed by atoms with Crippen LogP contribution in [-0.2, 0) is 12.3 Å². The molecule has 1 aromatic rings. The fourth-order valence-electron chi connectivity index (χ4n) is 1.96. The van der Waals surface area contributed by atoms with Crippen LogP contribution < -0.4 is 0 Å². The van der Waals surface area contributed by atoms with Crippen molar-refractivity contribution in [2.24, 2.45) is 5.92 Å². The third-order valence-corrected chi connectivity index (χ3v) is 2.90. The van der Waals surface area contributed by atoms with Crippen LogP contribution in [0.2, 0.25) is 0 Å². The van der Waals surface area contributed by atoms with E-state index >= 15 is 0 Å². The Morgan fingerprint density at radius 3 is 2.77 bits per heavy atom. The molecule has 0 unspecified atom stereocenters. The molecule has 3 nitrogen and oxygen atoms in total. The number of hydrogen-bond donors (Lipinski definition) is 1. The Hall–Kier alpha value is -0.570. The van der Waals surface area contributed by atoms with Gasteiger partial charge in [-0.3, -0.25) is 5.10 Å². The topological polar surface area (TPSA) is 41.6 Å². The maximum absolute atomic E-state index is 5.62. The number of nitrogens with zero attached hydrogens (tertiary/aromatic N) is 2. The smallest absolute Gasteiger partial charge is 0.151 e. The molecule has 1 heterocycles. The highest BCUT2D eigenvalue weighted by atomic mass is 35.5. The molecule has 1 fully saturated rings. The maximum atomic E-state index is 5.62. The van der Waals surface area contributed by atoms with E-state index in [1.54, 1.807) is 0 Å². The molecule has 0 aliphatic heterocycles. The van der Waals surface area contributed by atoms with Gasteiger partial charge in [-0.2, -0.15) is 5.10 Å². The number of halogens is 1. The number of hydrogen-bond acceptors (Lipinski definition) is 2. The summed E-state index contributed by atoms with van der Waals surface area (Å²) in [5.41, 5.74) is 0. The van der Waals surface area contributed by atoms with Crippen LogP contribution in [0.5, 0.6) is 0 Å². The van der Waals surface area contributed by atoms with E-state index in [-0.39, 0.29) is 0 Å². The second-order valence-corrected chi connectivity index (χ2v) is 3.95. The van der Waals surface area contributed by atoms with Crippen molar-refractivity contribution in [2.45, 2.75) is 38.0 Å². The average molecular weight is 200 g/mol. The quantitative estimate of drug-likeness (QED) is 0.759. The molecule has 1 N–H and O–H groups in total. The molecule has 72 valence electrons. The Labute approximate surface area is 82.9 Å². The zero-order valence-electron chi connectivity index (χ0n) is 7.59. The Balaban J connectivity index is 1.92. The first kappa shape index (κ1) is 9.00. The third kappa shape index (κ3) is 2.21. The van der Waals surface area contributed by atoms with Gasteiger partial charge in [-0.05, 0) is 5.92 Å². The summed E-state index contributed by atoms with van der Waals surface area (Å²) in [7, 11) is 0. The van der Waals surface area contributed by atoms with Gasteiger partial charge in [0.2, 0.25) is 0 Å². The molecule has 0 spiro atoms. The molecule has 4 heteroatoms. The number of alkyl halides is 1. The molecule has 0 amide bonds. The van der Waals surface area contributed by atoms with Crippen molar-refractivity contribution < 1.29 is 0 Å². The summed E-state index contributed by atoms with van der Waals surface area (Å²) in [6.07, 6.45) is 6.44. The number of nitrogens with one attached hydrogen (secondary N) is 1. The molecule has 0 bridgehead atoms. The zero-order valence-corrected chi connectivity index (χ0v) is 8.35. The molecule has 0 radical (unpaired) electrons. The lowest BCUT2D eigenvalue weighted by Crippen LogP contribution is -2.00. The maximum Gasteiger partial charge on any atom is 0.151 e. The largest absolute Gasteiger partial charge is 0.262 e. The van der Waals surface area contributed by atoms with Gasteiger partial charge in [0.25, 0.3) is 0 Å². The highest BCUT2D eigenvalue weighted by Gasteiger charge is 2.17. The van der Waals surface area contributed by atoms with Gasteiger partial charge in [0.15, 0.2) is 5.82 Å². The minimum Gasteiger partial charge on any atom is -0.262 e. The van der Waals surface area contributed by atoms with Crippen molar-refractivity contribution in [3.63, 3.8) is 0 Å². The lowest BCUT2D eigenvalue weighted by Gasteiger charge is -2.03. The van der Waals surface area contributed by atoms with E-state index in [0.717, 1.165) is 24.0 Å². The van der Waals surface area contributed by atoms with Gasteiger partial charge < -0.3 is 0 Å². The summed E-state index contributed by atoms with van der Waals surface area (Å²) in [5.74, 6) is 2.95. The summed E-state index contributed by atoms with van der Waals surface area (Å²) in [6.45, 7) is 0. The van der Waals surface area contributed by atoms with E-state index in [4.69, 9.17) is 11.6 Å². The second kappa shape index (κ2) is 4.09. The lowest BCUT2D eigenvalue weighted by molar-refractivity contribution is 0.531. The van der Waals surface area contributed by atoms with Crippen molar-refractivity contribution in [2.75, 3.05) is 0 Å². The lowest BCUT2D eigenvalue weighted by atomic mass is 10.0. The van der Waals surface area contributed by atoms with E-state index in [0.29, 0.717) is 5.88 Å². The van der Waals surface area contributed by atoms with Gasteiger partial charge >= 0.3 is 0 Å². The van der Waals surface area contributed by atoms with E-state index in [1.807, 2.05) is 0 Å². The molecule has 1 aromatic heterocycles. The van der Waals surface area contributed by atoms with Crippen molar-refractivity contribution in [3.05, 3.63) is 11.6 Å². The first-order valence-electron chi connectivity index (χ1n) is 4.84. The first-order chi connectivity index (χ1) is 6.38. The summed E-state index contributed by atoms with van der Waals surface area (Å²) in [4.78, 5) is 4.29. The van der Waals surface area contributed by atoms with Crippen LogP contribution in [0.3, 0.4) is 0 Å². The van der Waals surface area contributed by atoms with Crippen molar-refractivity contribution in [3.8, 4) is 0 Å². The van der Waals surface area contributed by atoms with Gasteiger partial charge in [-0.1, -0.05) is 25.7 Å².